The number of anilines is 1. The minimum atomic E-state index is -3.90. The highest BCUT2D eigenvalue weighted by Crippen LogP contribution is 2.47. The van der Waals surface area contributed by atoms with E-state index in [-0.39, 0.29) is 27.0 Å². The Bertz CT molecular complexity index is 1500. The van der Waals surface area contributed by atoms with E-state index in [1.165, 1.54) is 5.56 Å². The summed E-state index contributed by atoms with van der Waals surface area (Å²) >= 11 is 0. The summed E-state index contributed by atoms with van der Waals surface area (Å²) in [6, 6.07) is 24.2. The average Bonchev–Trinajstić information content (AvgIpc) is 3.35. The number of para-hydroxylation sites is 1. The van der Waals surface area contributed by atoms with Crippen molar-refractivity contribution in [1.82, 2.24) is 4.98 Å². The van der Waals surface area contributed by atoms with Crippen LogP contribution in [0.4, 0.5) is 5.69 Å². The lowest BCUT2D eigenvalue weighted by molar-refractivity contribution is 0.553. The Hall–Kier alpha value is -3.64. The van der Waals surface area contributed by atoms with Gasteiger partial charge in [0.15, 0.2) is 5.76 Å². The van der Waals surface area contributed by atoms with Crippen molar-refractivity contribution in [1.29, 1.82) is 0 Å². The smallest absolute Gasteiger partial charge is 0.228 e. The molecule has 6 heteroatoms. The quantitative estimate of drug-likeness (QED) is 0.353. The molecule has 0 fully saturated rings. The SMILES string of the molecule is Cc1ccc(-c2nc(S(=O)(=O)c3ccccc3)c(/C=C3/N(C)c4ccccc4C3(C)C)o2)cc1. The van der Waals surface area contributed by atoms with E-state index < -0.39 is 9.84 Å². The number of aromatic nitrogens is 1. The summed E-state index contributed by atoms with van der Waals surface area (Å²) in [5, 5.41) is -0.0815. The zero-order chi connectivity index (χ0) is 24.1. The van der Waals surface area contributed by atoms with Gasteiger partial charge in [-0.3, -0.25) is 0 Å². The molecule has 1 aliphatic rings. The lowest BCUT2D eigenvalue weighted by Gasteiger charge is -2.23. The summed E-state index contributed by atoms with van der Waals surface area (Å²) < 4.78 is 33.4. The van der Waals surface area contributed by atoms with Crippen LogP contribution in [0, 0.1) is 6.92 Å². The Kier molecular flexibility index (Phi) is 5.21. The molecule has 5 nitrogen and oxygen atoms in total. The first kappa shape index (κ1) is 22.2. The third-order valence-electron chi connectivity index (χ3n) is 6.44. The maximum atomic E-state index is 13.6. The monoisotopic (exact) mass is 470 g/mol. The van der Waals surface area contributed by atoms with E-state index in [1.807, 2.05) is 56.4 Å². The topological polar surface area (TPSA) is 63.4 Å². The standard InChI is InChI=1S/C28H26N2O3S/c1-19-14-16-20(17-15-19)26-29-27(34(31,32)21-10-6-5-7-11-21)24(33-26)18-25-28(2,3)22-12-8-9-13-23(22)30(25)4/h5-18H,1-4H3/b25-18+. The molecule has 5 rings (SSSR count). The van der Waals surface area contributed by atoms with Crippen LogP contribution < -0.4 is 4.90 Å². The third-order valence-corrected chi connectivity index (χ3v) is 8.13. The van der Waals surface area contributed by atoms with Gasteiger partial charge in [0, 0.05) is 35.5 Å². The fraction of sp³-hybridized carbons (Fsp3) is 0.179. The van der Waals surface area contributed by atoms with Crippen LogP contribution in [-0.2, 0) is 15.3 Å². The van der Waals surface area contributed by atoms with Gasteiger partial charge in [0.05, 0.1) is 4.90 Å². The van der Waals surface area contributed by atoms with Crippen LogP contribution in [-0.4, -0.2) is 20.4 Å². The first-order chi connectivity index (χ1) is 16.2. The van der Waals surface area contributed by atoms with E-state index in [1.54, 1.807) is 30.3 Å². The highest BCUT2D eigenvalue weighted by atomic mass is 32.2. The molecule has 0 unspecified atom stereocenters. The number of likely N-dealkylation sites (N-methyl/N-ethyl adjacent to an activating group) is 1. The summed E-state index contributed by atoms with van der Waals surface area (Å²) in [6.07, 6.45) is 1.82. The summed E-state index contributed by atoms with van der Waals surface area (Å²) in [6.45, 7) is 6.25. The minimum Gasteiger partial charge on any atom is -0.435 e. The number of fused-ring (bicyclic) bond motifs is 1. The van der Waals surface area contributed by atoms with Crippen molar-refractivity contribution in [2.75, 3.05) is 11.9 Å². The number of benzene rings is 3. The second-order valence-corrected chi connectivity index (χ2v) is 11.0. The van der Waals surface area contributed by atoms with Crippen molar-refractivity contribution in [3.63, 3.8) is 0 Å². The van der Waals surface area contributed by atoms with Crippen LogP contribution in [0.3, 0.4) is 0 Å². The predicted molar refractivity (Wildman–Crippen MR) is 134 cm³/mol. The number of nitrogens with zero attached hydrogens (tertiary/aromatic N) is 2. The Morgan fingerprint density at radius 3 is 2.24 bits per heavy atom. The first-order valence-electron chi connectivity index (χ1n) is 11.1. The molecule has 4 aromatic rings. The second-order valence-electron chi connectivity index (χ2n) is 9.10. The van der Waals surface area contributed by atoms with Crippen molar-refractivity contribution in [2.45, 2.75) is 36.1 Å². The molecule has 0 saturated heterocycles. The van der Waals surface area contributed by atoms with E-state index in [9.17, 15) is 8.42 Å². The van der Waals surface area contributed by atoms with Crippen molar-refractivity contribution < 1.29 is 12.8 Å². The van der Waals surface area contributed by atoms with Crippen LogP contribution in [0.1, 0.15) is 30.7 Å². The fourth-order valence-corrected chi connectivity index (χ4v) is 5.82. The van der Waals surface area contributed by atoms with Gasteiger partial charge in [-0.15, -0.1) is 0 Å². The average molecular weight is 471 g/mol. The van der Waals surface area contributed by atoms with Gasteiger partial charge in [0.1, 0.15) is 0 Å². The molecule has 1 aromatic heterocycles. The van der Waals surface area contributed by atoms with Crippen molar-refractivity contribution in [3.8, 4) is 11.5 Å². The Balaban J connectivity index is 1.71. The molecule has 0 atom stereocenters. The zero-order valence-corrected chi connectivity index (χ0v) is 20.4. The molecule has 0 amide bonds. The van der Waals surface area contributed by atoms with Gasteiger partial charge >= 0.3 is 0 Å². The molecule has 34 heavy (non-hydrogen) atoms. The van der Waals surface area contributed by atoms with Gasteiger partial charge in [0.2, 0.25) is 20.8 Å². The first-order valence-corrected chi connectivity index (χ1v) is 12.6. The molecule has 0 radical (unpaired) electrons. The van der Waals surface area contributed by atoms with Crippen molar-refractivity contribution in [3.05, 3.63) is 101 Å². The number of hydrogen-bond donors (Lipinski definition) is 0. The zero-order valence-electron chi connectivity index (χ0n) is 19.6. The molecule has 0 spiro atoms. The predicted octanol–water partition coefficient (Wildman–Crippen LogP) is 6.25. The van der Waals surface area contributed by atoms with E-state index in [0.29, 0.717) is 0 Å². The number of allylic oxidation sites excluding steroid dienone is 1. The molecule has 0 bridgehead atoms. The molecule has 172 valence electrons. The minimum absolute atomic E-state index is 0.0815. The Labute approximate surface area is 200 Å². The highest BCUT2D eigenvalue weighted by Gasteiger charge is 2.39. The number of rotatable bonds is 4. The van der Waals surface area contributed by atoms with Crippen LogP contribution in [0.5, 0.6) is 0 Å². The number of sulfone groups is 1. The molecule has 2 heterocycles. The van der Waals surface area contributed by atoms with Gasteiger partial charge in [-0.05, 0) is 42.8 Å². The summed E-state index contributed by atoms with van der Waals surface area (Å²) in [5.41, 5.74) is 4.68. The summed E-state index contributed by atoms with van der Waals surface area (Å²) in [4.78, 5) is 6.77. The van der Waals surface area contributed by atoms with Gasteiger partial charge < -0.3 is 9.32 Å². The van der Waals surface area contributed by atoms with E-state index in [4.69, 9.17) is 4.42 Å². The van der Waals surface area contributed by atoms with Crippen LogP contribution in [0.15, 0.2) is 98.9 Å². The molecule has 0 saturated carbocycles. The Morgan fingerprint density at radius 2 is 1.56 bits per heavy atom. The summed E-state index contributed by atoms with van der Waals surface area (Å²) in [7, 11) is -1.91. The van der Waals surface area contributed by atoms with E-state index in [2.05, 4.69) is 35.9 Å². The number of oxazole rings is 1. The molecule has 0 aliphatic carbocycles. The highest BCUT2D eigenvalue weighted by molar-refractivity contribution is 7.91. The maximum absolute atomic E-state index is 13.6. The normalized spacial score (nSPS) is 16.1. The molecular weight excluding hydrogens is 444 g/mol. The van der Waals surface area contributed by atoms with E-state index >= 15 is 0 Å². The van der Waals surface area contributed by atoms with Gasteiger partial charge in [-0.2, -0.15) is 4.98 Å². The molecular formula is C28H26N2O3S. The molecule has 3 aromatic carbocycles. The maximum Gasteiger partial charge on any atom is 0.228 e. The van der Waals surface area contributed by atoms with Crippen molar-refractivity contribution >= 4 is 21.6 Å². The van der Waals surface area contributed by atoms with Crippen LogP contribution in [0.2, 0.25) is 0 Å². The van der Waals surface area contributed by atoms with Crippen molar-refractivity contribution in [2.24, 2.45) is 0 Å². The van der Waals surface area contributed by atoms with Gasteiger partial charge in [-0.1, -0.05) is 67.9 Å². The van der Waals surface area contributed by atoms with Gasteiger partial charge in [-0.25, -0.2) is 8.42 Å². The second kappa shape index (κ2) is 7.99. The molecule has 1 aliphatic heterocycles. The molecule has 0 N–H and O–H groups in total. The lowest BCUT2D eigenvalue weighted by Crippen LogP contribution is -2.22. The lowest BCUT2D eigenvalue weighted by atomic mass is 9.83. The number of aryl methyl sites for hydroxylation is 1. The Morgan fingerprint density at radius 1 is 0.912 bits per heavy atom. The van der Waals surface area contributed by atoms with E-state index in [0.717, 1.165) is 22.5 Å². The van der Waals surface area contributed by atoms with Crippen LogP contribution in [0.25, 0.3) is 17.5 Å². The largest absolute Gasteiger partial charge is 0.435 e. The summed E-state index contributed by atoms with van der Waals surface area (Å²) in [5.74, 6) is 0.500. The fourth-order valence-electron chi connectivity index (χ4n) is 4.52. The number of hydrogen-bond acceptors (Lipinski definition) is 5. The van der Waals surface area contributed by atoms with Gasteiger partial charge in [0.25, 0.3) is 0 Å². The van der Waals surface area contributed by atoms with Crippen LogP contribution >= 0.6 is 0 Å². The third kappa shape index (κ3) is 3.55.